The molecule has 0 amide bonds. The second-order valence-electron chi connectivity index (χ2n) is 8.36. The number of Topliss-reactive ketones (excluding diaryl/α,β-unsaturated/α-hetero) is 1. The number of carbonyl (C=O) groups excluding carboxylic acids is 1. The van der Waals surface area contributed by atoms with E-state index in [0.29, 0.717) is 29.2 Å². The lowest BCUT2D eigenvalue weighted by atomic mass is 10.0. The fourth-order valence-corrected chi connectivity index (χ4v) is 4.97. The van der Waals surface area contributed by atoms with Crippen LogP contribution in [0.5, 0.6) is 5.75 Å². The molecule has 0 aliphatic carbocycles. The van der Waals surface area contributed by atoms with Crippen LogP contribution in [0.25, 0.3) is 5.53 Å². The number of aromatic nitrogens is 2. The van der Waals surface area contributed by atoms with Gasteiger partial charge in [0.15, 0.2) is 0 Å². The summed E-state index contributed by atoms with van der Waals surface area (Å²) < 4.78 is 32.6. The number of unbranched alkanes of at least 4 members (excludes halogenated alkanes) is 3. The molecule has 0 spiro atoms. The number of ketones is 1. The first-order chi connectivity index (χ1) is 15.6. The first-order valence-electron chi connectivity index (χ1n) is 11.1. The van der Waals surface area contributed by atoms with Gasteiger partial charge in [-0.05, 0) is 42.5 Å². The lowest BCUT2D eigenvalue weighted by molar-refractivity contribution is -0.117. The van der Waals surface area contributed by atoms with Crippen molar-refractivity contribution in [2.75, 3.05) is 6.61 Å². The van der Waals surface area contributed by atoms with Crippen LogP contribution in [0, 0.1) is 6.92 Å². The van der Waals surface area contributed by atoms with Gasteiger partial charge < -0.3 is 21.0 Å². The molecule has 1 atom stereocenters. The number of imidazole rings is 1. The molecule has 0 unspecified atom stereocenters. The van der Waals surface area contributed by atoms with Crippen LogP contribution in [0.4, 0.5) is 0 Å². The van der Waals surface area contributed by atoms with Gasteiger partial charge in [-0.25, -0.2) is 13.4 Å². The van der Waals surface area contributed by atoms with Gasteiger partial charge in [-0.1, -0.05) is 40.0 Å². The lowest BCUT2D eigenvalue weighted by Crippen LogP contribution is -2.41. The van der Waals surface area contributed by atoms with Gasteiger partial charge in [0.2, 0.25) is 0 Å². The molecule has 1 aromatic heterocycles. The Morgan fingerprint density at radius 1 is 1.27 bits per heavy atom. The zero-order valence-corrected chi connectivity index (χ0v) is 20.5. The molecule has 0 aliphatic rings. The summed E-state index contributed by atoms with van der Waals surface area (Å²) in [6, 6.07) is 1.92. The van der Waals surface area contributed by atoms with Crippen molar-refractivity contribution in [1.29, 1.82) is 0 Å². The standard InChI is InChI=1S/C23H33N5O4S/c1-5-6-7-8-9-32-20-10-16(4)21(12-18(20)15(2)3)33(30,31)23(28-25)22(29)19(24)11-17-13-26-14-27-17/h10,12-15,19H,5-9,11,24H2,1-4H3,(H,26,27)/t19-/m0/s1. The van der Waals surface area contributed by atoms with Crippen LogP contribution >= 0.6 is 0 Å². The molecule has 2 rings (SSSR count). The van der Waals surface area contributed by atoms with E-state index in [2.05, 4.69) is 21.7 Å². The molecular formula is C23H33N5O4S. The molecule has 0 radical (unpaired) electrons. The molecule has 1 aromatic carbocycles. The Balaban J connectivity index is 2.34. The Morgan fingerprint density at radius 3 is 2.58 bits per heavy atom. The van der Waals surface area contributed by atoms with E-state index in [-0.39, 0.29) is 17.2 Å². The topological polar surface area (TPSA) is 152 Å². The zero-order valence-electron chi connectivity index (χ0n) is 19.7. The number of hydrogen-bond donors (Lipinski definition) is 2. The summed E-state index contributed by atoms with van der Waals surface area (Å²) in [6.07, 6.45) is 7.21. The second kappa shape index (κ2) is 11.9. The highest BCUT2D eigenvalue weighted by atomic mass is 32.2. The van der Waals surface area contributed by atoms with Crippen molar-refractivity contribution in [2.45, 2.75) is 76.7 Å². The molecule has 10 heteroatoms. The van der Waals surface area contributed by atoms with Crippen LogP contribution in [-0.4, -0.2) is 46.7 Å². The number of rotatable bonds is 12. The average Bonchev–Trinajstić information content (AvgIpc) is 3.26. The summed E-state index contributed by atoms with van der Waals surface area (Å²) in [5.74, 6) is -0.401. The van der Waals surface area contributed by atoms with Gasteiger partial charge in [-0.3, -0.25) is 4.79 Å². The number of sulfone groups is 1. The van der Waals surface area contributed by atoms with E-state index < -0.39 is 26.7 Å². The van der Waals surface area contributed by atoms with Crippen molar-refractivity contribution in [1.82, 2.24) is 9.97 Å². The predicted octanol–water partition coefficient (Wildman–Crippen LogP) is 3.34. The molecule has 3 N–H and O–H groups in total. The maximum atomic E-state index is 13.3. The number of nitrogens with two attached hydrogens (primary N) is 1. The molecule has 0 saturated heterocycles. The molecule has 180 valence electrons. The molecule has 0 bridgehead atoms. The number of ether oxygens (including phenoxy) is 1. The molecule has 0 aliphatic heterocycles. The zero-order chi connectivity index (χ0) is 24.6. The monoisotopic (exact) mass is 475 g/mol. The van der Waals surface area contributed by atoms with E-state index in [4.69, 9.17) is 10.5 Å². The van der Waals surface area contributed by atoms with E-state index in [9.17, 15) is 18.7 Å². The summed E-state index contributed by atoms with van der Waals surface area (Å²) in [5.41, 5.74) is 16.9. The number of H-pyrrole nitrogens is 1. The summed E-state index contributed by atoms with van der Waals surface area (Å²) in [4.78, 5) is 22.2. The summed E-state index contributed by atoms with van der Waals surface area (Å²) in [5, 5.41) is -0.989. The first kappa shape index (κ1) is 26.4. The second-order valence-corrected chi connectivity index (χ2v) is 10.2. The highest BCUT2D eigenvalue weighted by Gasteiger charge is 2.41. The van der Waals surface area contributed by atoms with Crippen molar-refractivity contribution < 1.29 is 22.7 Å². The molecular weight excluding hydrogens is 442 g/mol. The van der Waals surface area contributed by atoms with Gasteiger partial charge in [0.1, 0.15) is 5.75 Å². The van der Waals surface area contributed by atoms with Crippen molar-refractivity contribution >= 4 is 20.7 Å². The lowest BCUT2D eigenvalue weighted by Gasteiger charge is -2.17. The van der Waals surface area contributed by atoms with Gasteiger partial charge in [-0.15, -0.1) is 4.79 Å². The van der Waals surface area contributed by atoms with Crippen LogP contribution in [0.2, 0.25) is 0 Å². The number of aromatic amines is 1. The third kappa shape index (κ3) is 6.60. The molecule has 1 heterocycles. The number of aryl methyl sites for hydroxylation is 1. The Bertz CT molecular complexity index is 1100. The third-order valence-electron chi connectivity index (χ3n) is 5.35. The van der Waals surface area contributed by atoms with Crippen molar-refractivity contribution in [2.24, 2.45) is 5.73 Å². The van der Waals surface area contributed by atoms with Crippen LogP contribution in [0.3, 0.4) is 0 Å². The Morgan fingerprint density at radius 2 is 2.00 bits per heavy atom. The molecule has 0 fully saturated rings. The smallest absolute Gasteiger partial charge is 0.453 e. The van der Waals surface area contributed by atoms with Gasteiger partial charge >= 0.3 is 5.04 Å². The van der Waals surface area contributed by atoms with Crippen LogP contribution < -0.4 is 10.5 Å². The van der Waals surface area contributed by atoms with Gasteiger partial charge in [0, 0.05) is 12.6 Å². The molecule has 0 saturated carbocycles. The normalized spacial score (nSPS) is 12.4. The highest BCUT2D eigenvalue weighted by Crippen LogP contribution is 2.33. The predicted molar refractivity (Wildman–Crippen MR) is 126 cm³/mol. The van der Waals surface area contributed by atoms with E-state index in [1.165, 1.54) is 12.4 Å². The number of hydrogen-bond acceptors (Lipinski definition) is 6. The fourth-order valence-electron chi connectivity index (χ4n) is 3.47. The maximum Gasteiger partial charge on any atom is 0.453 e. The summed E-state index contributed by atoms with van der Waals surface area (Å²) in [7, 11) is -4.42. The maximum absolute atomic E-state index is 13.3. The van der Waals surface area contributed by atoms with Gasteiger partial charge in [-0.2, -0.15) is 0 Å². The van der Waals surface area contributed by atoms with Gasteiger partial charge in [0.05, 0.1) is 29.6 Å². The molecule has 2 aromatic rings. The number of nitrogens with one attached hydrogen (secondary N) is 1. The Kier molecular flexibility index (Phi) is 9.52. The number of nitrogens with zero attached hydrogens (tertiary/aromatic N) is 3. The van der Waals surface area contributed by atoms with Gasteiger partial charge in [0.25, 0.3) is 15.6 Å². The van der Waals surface area contributed by atoms with E-state index in [1.807, 2.05) is 13.8 Å². The van der Waals surface area contributed by atoms with E-state index in [0.717, 1.165) is 25.7 Å². The average molecular weight is 476 g/mol. The minimum absolute atomic E-state index is 0.00207. The Hall–Kier alpha value is -2.81. The van der Waals surface area contributed by atoms with Crippen molar-refractivity contribution in [3.8, 4) is 5.75 Å². The van der Waals surface area contributed by atoms with Crippen molar-refractivity contribution in [3.63, 3.8) is 0 Å². The fraction of sp³-hybridized carbons (Fsp3) is 0.522. The minimum atomic E-state index is -4.42. The van der Waals surface area contributed by atoms with Crippen molar-refractivity contribution in [3.05, 3.63) is 47.0 Å². The summed E-state index contributed by atoms with van der Waals surface area (Å²) in [6.45, 7) is 8.14. The quantitative estimate of drug-likeness (QED) is 0.158. The third-order valence-corrected chi connectivity index (χ3v) is 7.16. The number of carbonyl (C=O) groups is 1. The SMILES string of the molecule is CCCCCCOc1cc(C)c(S(=O)(=O)C(=[N+]=[N-])C(=O)[C@@H](N)Cc2c[nH]cn2)cc1C(C)C. The molecule has 33 heavy (non-hydrogen) atoms. The number of benzene rings is 1. The molecule has 9 nitrogen and oxygen atoms in total. The highest BCUT2D eigenvalue weighted by molar-refractivity contribution is 8.08. The largest absolute Gasteiger partial charge is 0.493 e. The van der Waals surface area contributed by atoms with Crippen LogP contribution in [0.15, 0.2) is 29.6 Å². The van der Waals surface area contributed by atoms with Crippen LogP contribution in [-0.2, 0) is 21.1 Å². The summed E-state index contributed by atoms with van der Waals surface area (Å²) >= 11 is 0. The van der Waals surface area contributed by atoms with E-state index >= 15 is 0 Å². The first-order valence-corrected chi connectivity index (χ1v) is 12.6. The van der Waals surface area contributed by atoms with Crippen LogP contribution in [0.1, 0.15) is 69.2 Å². The van der Waals surface area contributed by atoms with E-state index in [1.54, 1.807) is 19.2 Å². The minimum Gasteiger partial charge on any atom is -0.493 e. The Labute approximate surface area is 195 Å².